The van der Waals surface area contributed by atoms with Crippen LogP contribution in [0.1, 0.15) is 67.6 Å². The summed E-state index contributed by atoms with van der Waals surface area (Å²) in [5, 5.41) is 4.74. The van der Waals surface area contributed by atoms with Gasteiger partial charge in [-0.25, -0.2) is 0 Å². The lowest BCUT2D eigenvalue weighted by Gasteiger charge is -2.28. The smallest absolute Gasteiger partial charge is 0.255 e. The number of amides is 3. The zero-order valence-corrected chi connectivity index (χ0v) is 18.0. The number of hydrogen-bond acceptors (Lipinski definition) is 6. The van der Waals surface area contributed by atoms with Crippen LogP contribution in [0.15, 0.2) is 10.6 Å². The van der Waals surface area contributed by atoms with E-state index in [0.29, 0.717) is 18.1 Å². The van der Waals surface area contributed by atoms with E-state index in [0.717, 1.165) is 30.7 Å². The van der Waals surface area contributed by atoms with Gasteiger partial charge in [-0.1, -0.05) is 37.3 Å². The molecule has 1 atom stereocenters. The van der Waals surface area contributed by atoms with Crippen LogP contribution >= 0.6 is 11.6 Å². The van der Waals surface area contributed by atoms with Crippen LogP contribution in [0.5, 0.6) is 0 Å². The topological polar surface area (TPSA) is 136 Å². The van der Waals surface area contributed by atoms with Gasteiger partial charge < -0.3 is 10.3 Å². The third kappa shape index (κ3) is 7.44. The van der Waals surface area contributed by atoms with Crippen LogP contribution < -0.4 is 11.2 Å². The fraction of sp³-hybridized carbons (Fsp3) is 0.650. The third-order valence-electron chi connectivity index (χ3n) is 5.30. The summed E-state index contributed by atoms with van der Waals surface area (Å²) in [5.41, 5.74) is 7.85. The zero-order chi connectivity index (χ0) is 22.1. The molecule has 0 aliphatic heterocycles. The summed E-state index contributed by atoms with van der Waals surface area (Å²) in [6.45, 7) is 1.60. The number of nitrogens with two attached hydrogens (primary N) is 1. The standard InChI is InChI=1S/C20H29ClN4O5/c1-13-9-16(24-30-13)17(26)11-15(10-14-5-3-2-4-6-14)20(29)23-25(19(28)12-21)8-7-18(22)27/h9,14-15H,2-8,10-12H2,1H3,(H2,22,27)(H,23,29)/t15-/m1/s1. The number of nitrogens with zero attached hydrogens (tertiary/aromatic N) is 2. The third-order valence-corrected chi connectivity index (χ3v) is 5.53. The molecule has 30 heavy (non-hydrogen) atoms. The van der Waals surface area contributed by atoms with E-state index in [1.807, 2.05) is 0 Å². The molecule has 1 fully saturated rings. The van der Waals surface area contributed by atoms with Crippen LogP contribution in [0, 0.1) is 18.8 Å². The molecule has 1 aliphatic rings. The van der Waals surface area contributed by atoms with Crippen LogP contribution in [0.2, 0.25) is 0 Å². The van der Waals surface area contributed by atoms with Crippen LogP contribution in [-0.4, -0.2) is 46.1 Å². The number of Topliss-reactive ketones (excluding diaryl/α,β-unsaturated/α-hetero) is 1. The molecule has 2 rings (SSSR count). The number of hydrazine groups is 1. The molecular formula is C20H29ClN4O5. The molecule has 0 spiro atoms. The molecule has 3 amide bonds. The highest BCUT2D eigenvalue weighted by atomic mass is 35.5. The summed E-state index contributed by atoms with van der Waals surface area (Å²) >= 11 is 5.62. The van der Waals surface area contributed by atoms with Crippen LogP contribution in [0.25, 0.3) is 0 Å². The van der Waals surface area contributed by atoms with Gasteiger partial charge in [0, 0.05) is 24.8 Å². The molecule has 1 saturated carbocycles. The van der Waals surface area contributed by atoms with Gasteiger partial charge in [0.15, 0.2) is 5.78 Å². The highest BCUT2D eigenvalue weighted by molar-refractivity contribution is 6.27. The van der Waals surface area contributed by atoms with Crippen molar-refractivity contribution >= 4 is 35.1 Å². The Morgan fingerprint density at radius 2 is 2.00 bits per heavy atom. The van der Waals surface area contributed by atoms with Crippen molar-refractivity contribution in [3.05, 3.63) is 17.5 Å². The lowest BCUT2D eigenvalue weighted by molar-refractivity contribution is -0.142. The molecule has 166 valence electrons. The maximum Gasteiger partial charge on any atom is 0.255 e. The summed E-state index contributed by atoms with van der Waals surface area (Å²) in [6, 6.07) is 1.54. The summed E-state index contributed by atoms with van der Waals surface area (Å²) in [6.07, 6.45) is 5.76. The number of nitrogens with one attached hydrogen (secondary N) is 1. The fourth-order valence-electron chi connectivity index (χ4n) is 3.70. The normalized spacial score (nSPS) is 15.4. The van der Waals surface area contributed by atoms with Gasteiger partial charge in [0.1, 0.15) is 17.3 Å². The highest BCUT2D eigenvalue weighted by Crippen LogP contribution is 2.31. The van der Waals surface area contributed by atoms with E-state index >= 15 is 0 Å². The Labute approximate surface area is 180 Å². The maximum atomic E-state index is 13.0. The first-order valence-corrected chi connectivity index (χ1v) is 10.7. The van der Waals surface area contributed by atoms with Crippen molar-refractivity contribution in [3.63, 3.8) is 0 Å². The van der Waals surface area contributed by atoms with Crippen molar-refractivity contribution in [2.24, 2.45) is 17.6 Å². The van der Waals surface area contributed by atoms with Crippen molar-refractivity contribution < 1.29 is 23.7 Å². The average Bonchev–Trinajstić information content (AvgIpc) is 3.17. The predicted octanol–water partition coefficient (Wildman–Crippen LogP) is 2.12. The van der Waals surface area contributed by atoms with Crippen molar-refractivity contribution in [3.8, 4) is 0 Å². The molecule has 0 aromatic carbocycles. The number of carbonyl (C=O) groups is 4. The zero-order valence-electron chi connectivity index (χ0n) is 17.2. The summed E-state index contributed by atoms with van der Waals surface area (Å²) < 4.78 is 4.96. The minimum absolute atomic E-state index is 0.0486. The van der Waals surface area contributed by atoms with Gasteiger partial charge in [-0.05, 0) is 19.3 Å². The molecule has 1 aromatic rings. The average molecular weight is 441 g/mol. The highest BCUT2D eigenvalue weighted by Gasteiger charge is 2.30. The van der Waals surface area contributed by atoms with Crippen molar-refractivity contribution in [2.45, 2.75) is 58.3 Å². The van der Waals surface area contributed by atoms with Gasteiger partial charge in [0.05, 0.1) is 6.54 Å². The number of aromatic nitrogens is 1. The van der Waals surface area contributed by atoms with Crippen molar-refractivity contribution in [1.29, 1.82) is 0 Å². The molecule has 1 heterocycles. The van der Waals surface area contributed by atoms with E-state index in [1.165, 1.54) is 12.5 Å². The quantitative estimate of drug-likeness (QED) is 0.325. The van der Waals surface area contributed by atoms with E-state index in [9.17, 15) is 19.2 Å². The minimum atomic E-state index is -0.642. The Morgan fingerprint density at radius 1 is 1.30 bits per heavy atom. The Bertz CT molecular complexity index is 760. The maximum absolute atomic E-state index is 13.0. The second-order valence-electron chi connectivity index (χ2n) is 7.76. The van der Waals surface area contributed by atoms with Gasteiger partial charge in [-0.2, -0.15) is 0 Å². The monoisotopic (exact) mass is 440 g/mol. The van der Waals surface area contributed by atoms with Crippen LogP contribution in [0.4, 0.5) is 0 Å². The van der Waals surface area contributed by atoms with E-state index in [2.05, 4.69) is 10.6 Å². The number of rotatable bonds is 10. The van der Waals surface area contributed by atoms with E-state index in [1.54, 1.807) is 6.92 Å². The predicted molar refractivity (Wildman–Crippen MR) is 109 cm³/mol. The van der Waals surface area contributed by atoms with Crippen molar-refractivity contribution in [2.75, 3.05) is 12.4 Å². The van der Waals surface area contributed by atoms with Gasteiger partial charge in [0.2, 0.25) is 11.8 Å². The summed E-state index contributed by atoms with van der Waals surface area (Å²) in [5.74, 6) is -2.07. The van der Waals surface area contributed by atoms with Gasteiger partial charge in [-0.15, -0.1) is 11.6 Å². The molecule has 0 radical (unpaired) electrons. The second kappa shape index (κ2) is 11.7. The van der Waals surface area contributed by atoms with Crippen molar-refractivity contribution in [1.82, 2.24) is 15.6 Å². The first-order chi connectivity index (χ1) is 14.3. The Hall–Kier alpha value is -2.42. The number of alkyl halides is 1. The molecule has 3 N–H and O–H groups in total. The molecule has 0 bridgehead atoms. The summed E-state index contributed by atoms with van der Waals surface area (Å²) in [4.78, 5) is 48.8. The second-order valence-corrected chi connectivity index (χ2v) is 8.03. The fourth-order valence-corrected chi connectivity index (χ4v) is 3.84. The van der Waals surface area contributed by atoms with E-state index < -0.39 is 23.6 Å². The molecule has 0 unspecified atom stereocenters. The number of aryl methyl sites for hydroxylation is 1. The van der Waals surface area contributed by atoms with E-state index in [4.69, 9.17) is 21.9 Å². The Morgan fingerprint density at radius 3 is 2.57 bits per heavy atom. The molecule has 0 saturated heterocycles. The largest absolute Gasteiger partial charge is 0.370 e. The molecule has 9 nitrogen and oxygen atoms in total. The SMILES string of the molecule is Cc1cc(C(=O)C[C@@H](CC2CCCCC2)C(=O)NN(CCC(N)=O)C(=O)CCl)no1. The number of ketones is 1. The van der Waals surface area contributed by atoms with E-state index in [-0.39, 0.29) is 36.7 Å². The van der Waals surface area contributed by atoms with Crippen LogP contribution in [-0.2, 0) is 14.4 Å². The summed E-state index contributed by atoms with van der Waals surface area (Å²) in [7, 11) is 0. The number of halogens is 1. The van der Waals surface area contributed by atoms with Gasteiger partial charge in [0.25, 0.3) is 5.91 Å². The Balaban J connectivity index is 2.11. The first kappa shape index (κ1) is 23.9. The van der Waals surface area contributed by atoms with Crippen LogP contribution in [0.3, 0.4) is 0 Å². The Kier molecular flexibility index (Phi) is 9.29. The first-order valence-electron chi connectivity index (χ1n) is 10.2. The minimum Gasteiger partial charge on any atom is -0.370 e. The molecule has 1 aromatic heterocycles. The number of primary amides is 1. The molecular weight excluding hydrogens is 412 g/mol. The van der Waals surface area contributed by atoms with Gasteiger partial charge >= 0.3 is 0 Å². The number of hydrogen-bond donors (Lipinski definition) is 2. The lowest BCUT2D eigenvalue weighted by atomic mass is 9.81. The van der Waals surface area contributed by atoms with Gasteiger partial charge in [-0.3, -0.25) is 29.6 Å². The lowest BCUT2D eigenvalue weighted by Crippen LogP contribution is -2.50. The number of carbonyl (C=O) groups excluding carboxylic acids is 4. The molecule has 10 heteroatoms. The molecule has 1 aliphatic carbocycles.